The summed E-state index contributed by atoms with van der Waals surface area (Å²) in [6.45, 7) is 1.12. The van der Waals surface area contributed by atoms with E-state index in [9.17, 15) is 4.79 Å². The molecule has 6 nitrogen and oxygen atoms in total. The van der Waals surface area contributed by atoms with E-state index >= 15 is 0 Å². The van der Waals surface area contributed by atoms with E-state index in [1.54, 1.807) is 11.6 Å². The second-order valence-electron chi connectivity index (χ2n) is 4.72. The number of carbonyl (C=O) groups excluding carboxylic acids is 1. The van der Waals surface area contributed by atoms with Gasteiger partial charge in [0, 0.05) is 4.88 Å². The number of carbonyl (C=O) groups is 1. The molecule has 2 aromatic heterocycles. The highest BCUT2D eigenvalue weighted by atomic mass is 32.1. The minimum atomic E-state index is -0.185. The summed E-state index contributed by atoms with van der Waals surface area (Å²) in [5.41, 5.74) is 2.57. The third kappa shape index (κ3) is 2.90. The second kappa shape index (κ2) is 5.98. The van der Waals surface area contributed by atoms with E-state index in [0.717, 1.165) is 21.9 Å². The fourth-order valence-electron chi connectivity index (χ4n) is 2.20. The molecule has 0 saturated carbocycles. The highest BCUT2D eigenvalue weighted by Gasteiger charge is 2.15. The molecule has 0 atom stereocenters. The average molecular weight is 345 g/mol. The van der Waals surface area contributed by atoms with Crippen molar-refractivity contribution in [2.75, 3.05) is 18.5 Å². The number of amides is 1. The van der Waals surface area contributed by atoms with Gasteiger partial charge in [-0.3, -0.25) is 10.1 Å². The van der Waals surface area contributed by atoms with Crippen molar-refractivity contribution in [3.8, 4) is 21.9 Å². The van der Waals surface area contributed by atoms with Gasteiger partial charge < -0.3 is 9.47 Å². The van der Waals surface area contributed by atoms with Crippen molar-refractivity contribution in [3.63, 3.8) is 0 Å². The minimum Gasteiger partial charge on any atom is -0.486 e. The molecule has 1 amide bonds. The lowest BCUT2D eigenvalue weighted by atomic mass is 10.1. The zero-order valence-electron chi connectivity index (χ0n) is 11.8. The maximum Gasteiger partial charge on any atom is 0.267 e. The summed E-state index contributed by atoms with van der Waals surface area (Å²) in [6, 6.07) is 9.52. The van der Waals surface area contributed by atoms with Gasteiger partial charge in [0.25, 0.3) is 5.91 Å². The molecule has 1 aliphatic rings. The van der Waals surface area contributed by atoms with Crippen LogP contribution in [0.3, 0.4) is 0 Å². The van der Waals surface area contributed by atoms with Crippen molar-refractivity contribution < 1.29 is 14.3 Å². The van der Waals surface area contributed by atoms with Crippen LogP contribution >= 0.6 is 22.7 Å². The number of ether oxygens (including phenoxy) is 2. The Hall–Kier alpha value is -2.45. The van der Waals surface area contributed by atoms with Crippen molar-refractivity contribution in [3.05, 3.63) is 40.7 Å². The summed E-state index contributed by atoms with van der Waals surface area (Å²) in [5, 5.41) is 10.7. The van der Waals surface area contributed by atoms with Gasteiger partial charge in [-0.2, -0.15) is 0 Å². The highest BCUT2D eigenvalue weighted by Crippen LogP contribution is 2.37. The molecule has 4 rings (SSSR count). The number of nitrogens with zero attached hydrogens (tertiary/aromatic N) is 2. The quantitative estimate of drug-likeness (QED) is 0.788. The number of nitrogens with one attached hydrogen (secondary N) is 1. The van der Waals surface area contributed by atoms with Gasteiger partial charge in [0.2, 0.25) is 5.13 Å². The van der Waals surface area contributed by atoms with E-state index in [4.69, 9.17) is 9.47 Å². The molecular weight excluding hydrogens is 334 g/mol. The summed E-state index contributed by atoms with van der Waals surface area (Å²) >= 11 is 2.70. The molecule has 0 saturated heterocycles. The van der Waals surface area contributed by atoms with Gasteiger partial charge in [-0.05, 0) is 35.9 Å². The molecule has 0 spiro atoms. The molecule has 1 aromatic carbocycles. The number of anilines is 1. The van der Waals surface area contributed by atoms with Crippen LogP contribution < -0.4 is 14.8 Å². The zero-order valence-corrected chi connectivity index (χ0v) is 13.4. The molecule has 23 heavy (non-hydrogen) atoms. The molecule has 3 heterocycles. The van der Waals surface area contributed by atoms with Gasteiger partial charge in [0.15, 0.2) is 11.5 Å². The largest absolute Gasteiger partial charge is 0.486 e. The summed E-state index contributed by atoms with van der Waals surface area (Å²) in [5.74, 6) is 1.31. The third-order valence-electron chi connectivity index (χ3n) is 3.24. The molecule has 0 fully saturated rings. The topological polar surface area (TPSA) is 73.3 Å². The monoisotopic (exact) mass is 345 g/mol. The van der Waals surface area contributed by atoms with Gasteiger partial charge in [-0.1, -0.05) is 11.3 Å². The lowest BCUT2D eigenvalue weighted by molar-refractivity contribution is 0.103. The zero-order chi connectivity index (χ0) is 15.6. The first-order valence-electron chi connectivity index (χ1n) is 6.87. The first-order chi connectivity index (χ1) is 11.3. The van der Waals surface area contributed by atoms with Crippen LogP contribution in [0.4, 0.5) is 5.13 Å². The fourth-order valence-corrected chi connectivity index (χ4v) is 3.54. The SMILES string of the molecule is O=C(Nc1nncs1)c1ccc(-c2ccc3c(c2)OCCO3)s1. The molecule has 0 bridgehead atoms. The molecular formula is C15H11N3O3S2. The maximum atomic E-state index is 12.2. The summed E-state index contributed by atoms with van der Waals surface area (Å²) in [7, 11) is 0. The van der Waals surface area contributed by atoms with Crippen molar-refractivity contribution in [1.82, 2.24) is 10.2 Å². The fraction of sp³-hybridized carbons (Fsp3) is 0.133. The lowest BCUT2D eigenvalue weighted by Crippen LogP contribution is -2.15. The molecule has 0 aliphatic carbocycles. The van der Waals surface area contributed by atoms with Crippen molar-refractivity contribution in [2.24, 2.45) is 0 Å². The number of thiophene rings is 1. The Balaban J connectivity index is 1.56. The van der Waals surface area contributed by atoms with Gasteiger partial charge >= 0.3 is 0 Å². The molecule has 0 radical (unpaired) electrons. The molecule has 116 valence electrons. The Morgan fingerprint density at radius 1 is 1.13 bits per heavy atom. The highest BCUT2D eigenvalue weighted by molar-refractivity contribution is 7.17. The molecule has 8 heteroatoms. The Labute approximate surface area is 139 Å². The third-order valence-corrected chi connectivity index (χ3v) is 4.98. The standard InChI is InChI=1S/C15H11N3O3S2/c19-14(17-15-18-16-8-22-15)13-4-3-12(23-13)9-1-2-10-11(7-9)21-6-5-20-10/h1-4,7-8H,5-6H2,(H,17,18,19). The Morgan fingerprint density at radius 3 is 2.83 bits per heavy atom. The van der Waals surface area contributed by atoms with Crippen LogP contribution in [0, 0.1) is 0 Å². The normalized spacial score (nSPS) is 12.9. The van der Waals surface area contributed by atoms with E-state index in [2.05, 4.69) is 15.5 Å². The minimum absolute atomic E-state index is 0.185. The van der Waals surface area contributed by atoms with Crippen LogP contribution in [0.1, 0.15) is 9.67 Å². The predicted molar refractivity (Wildman–Crippen MR) is 88.6 cm³/mol. The molecule has 3 aromatic rings. The van der Waals surface area contributed by atoms with Gasteiger partial charge in [0.05, 0.1) is 4.88 Å². The number of hydrogen-bond acceptors (Lipinski definition) is 7. The number of hydrogen-bond donors (Lipinski definition) is 1. The molecule has 1 aliphatic heterocycles. The second-order valence-corrected chi connectivity index (χ2v) is 6.64. The Bertz CT molecular complexity index is 846. The number of fused-ring (bicyclic) bond motifs is 1. The Kier molecular flexibility index (Phi) is 3.68. The summed E-state index contributed by atoms with van der Waals surface area (Å²) in [6.07, 6.45) is 0. The van der Waals surface area contributed by atoms with Crippen LogP contribution in [0.5, 0.6) is 11.5 Å². The van der Waals surface area contributed by atoms with Gasteiger partial charge in [-0.25, -0.2) is 0 Å². The average Bonchev–Trinajstić information content (AvgIpc) is 3.26. The first kappa shape index (κ1) is 14.2. The van der Waals surface area contributed by atoms with Crippen LogP contribution in [-0.2, 0) is 0 Å². The number of benzene rings is 1. The van der Waals surface area contributed by atoms with Gasteiger partial charge in [-0.15, -0.1) is 21.5 Å². The van der Waals surface area contributed by atoms with Crippen LogP contribution in [0.15, 0.2) is 35.8 Å². The molecule has 0 unspecified atom stereocenters. The van der Waals surface area contributed by atoms with Crippen molar-refractivity contribution in [1.29, 1.82) is 0 Å². The van der Waals surface area contributed by atoms with E-state index in [-0.39, 0.29) is 5.91 Å². The van der Waals surface area contributed by atoms with E-state index in [1.165, 1.54) is 22.7 Å². The van der Waals surface area contributed by atoms with Crippen LogP contribution in [0.2, 0.25) is 0 Å². The van der Waals surface area contributed by atoms with Gasteiger partial charge in [0.1, 0.15) is 18.7 Å². The summed E-state index contributed by atoms with van der Waals surface area (Å²) in [4.78, 5) is 13.8. The smallest absolute Gasteiger partial charge is 0.267 e. The number of rotatable bonds is 3. The molecule has 1 N–H and O–H groups in total. The van der Waals surface area contributed by atoms with Crippen molar-refractivity contribution >= 4 is 33.7 Å². The number of aromatic nitrogens is 2. The first-order valence-corrected chi connectivity index (χ1v) is 8.56. The lowest BCUT2D eigenvalue weighted by Gasteiger charge is -2.18. The van der Waals surface area contributed by atoms with Crippen molar-refractivity contribution in [2.45, 2.75) is 0 Å². The van der Waals surface area contributed by atoms with E-state index < -0.39 is 0 Å². The summed E-state index contributed by atoms with van der Waals surface area (Å²) < 4.78 is 11.1. The van der Waals surface area contributed by atoms with Crippen LogP contribution in [-0.4, -0.2) is 29.3 Å². The van der Waals surface area contributed by atoms with Crippen LogP contribution in [0.25, 0.3) is 10.4 Å². The maximum absolute atomic E-state index is 12.2. The van der Waals surface area contributed by atoms with E-state index in [0.29, 0.717) is 23.2 Å². The Morgan fingerprint density at radius 2 is 2.00 bits per heavy atom. The predicted octanol–water partition coefficient (Wildman–Crippen LogP) is 3.29. The van der Waals surface area contributed by atoms with E-state index in [1.807, 2.05) is 24.3 Å².